The summed E-state index contributed by atoms with van der Waals surface area (Å²) < 4.78 is 11.2. The molecule has 16 heavy (non-hydrogen) atoms. The first-order valence-corrected chi connectivity index (χ1v) is 6.92. The van der Waals surface area contributed by atoms with Crippen LogP contribution in [0.2, 0.25) is 0 Å². The molecule has 0 radical (unpaired) electrons. The fourth-order valence-corrected chi connectivity index (χ4v) is 2.81. The van der Waals surface area contributed by atoms with Gasteiger partial charge in [0.25, 0.3) is 0 Å². The largest absolute Gasteiger partial charge is 0.388 e. The molecule has 1 fully saturated rings. The highest BCUT2D eigenvalue weighted by Gasteiger charge is 2.15. The molecule has 0 aromatic carbocycles. The lowest BCUT2D eigenvalue weighted by atomic mass is 10.3. The van der Waals surface area contributed by atoms with Gasteiger partial charge in [-0.1, -0.05) is 12.2 Å². The lowest BCUT2D eigenvalue weighted by Crippen LogP contribution is -2.37. The molecule has 0 atom stereocenters. The van der Waals surface area contributed by atoms with Crippen LogP contribution >= 0.6 is 12.2 Å². The van der Waals surface area contributed by atoms with Crippen LogP contribution < -0.4 is 10.6 Å². The Kier molecular flexibility index (Phi) is 3.50. The van der Waals surface area contributed by atoms with Gasteiger partial charge in [0.1, 0.15) is 4.99 Å². The van der Waals surface area contributed by atoms with Gasteiger partial charge in [-0.2, -0.15) is 0 Å². The molecule has 0 amide bonds. The molecule has 2 heterocycles. The maximum absolute atomic E-state index is 11.2. The summed E-state index contributed by atoms with van der Waals surface area (Å²) in [5, 5.41) is 0. The van der Waals surface area contributed by atoms with Gasteiger partial charge in [0, 0.05) is 47.3 Å². The van der Waals surface area contributed by atoms with Gasteiger partial charge < -0.3 is 10.6 Å². The second kappa shape index (κ2) is 4.88. The molecule has 0 saturated carbocycles. The fraction of sp³-hybridized carbons (Fsp3) is 0.400. The molecule has 0 aliphatic carbocycles. The van der Waals surface area contributed by atoms with Crippen molar-refractivity contribution in [1.82, 2.24) is 4.98 Å². The van der Waals surface area contributed by atoms with E-state index in [0.29, 0.717) is 10.7 Å². The lowest BCUT2D eigenvalue weighted by Gasteiger charge is -2.28. The van der Waals surface area contributed by atoms with E-state index in [-0.39, 0.29) is 0 Å². The van der Waals surface area contributed by atoms with E-state index in [0.717, 1.165) is 30.3 Å². The van der Waals surface area contributed by atoms with Crippen LogP contribution in [0.5, 0.6) is 0 Å². The summed E-state index contributed by atoms with van der Waals surface area (Å²) in [5.74, 6) is 1.45. The molecule has 6 heteroatoms. The number of anilines is 1. The average Bonchev–Trinajstić information content (AvgIpc) is 2.30. The number of nitrogens with two attached hydrogens (primary N) is 1. The van der Waals surface area contributed by atoms with Gasteiger partial charge in [-0.25, -0.2) is 0 Å². The van der Waals surface area contributed by atoms with Gasteiger partial charge in [-0.15, -0.1) is 0 Å². The third-order valence-electron chi connectivity index (χ3n) is 2.54. The molecule has 1 aliphatic rings. The van der Waals surface area contributed by atoms with Crippen LogP contribution in [-0.4, -0.2) is 38.8 Å². The van der Waals surface area contributed by atoms with Crippen molar-refractivity contribution >= 4 is 33.7 Å². The predicted octanol–water partition coefficient (Wildman–Crippen LogP) is 0.284. The van der Waals surface area contributed by atoms with Crippen molar-refractivity contribution in [3.63, 3.8) is 0 Å². The monoisotopic (exact) mass is 255 g/mol. The number of hydrogen-bond donors (Lipinski definition) is 1. The Labute approximate surface area is 102 Å². The number of nitrogens with zero attached hydrogens (tertiary/aromatic N) is 2. The number of hydrogen-bond acceptors (Lipinski definition) is 4. The zero-order valence-corrected chi connectivity index (χ0v) is 10.4. The smallest absolute Gasteiger partial charge is 0.122 e. The molecule has 86 valence electrons. The van der Waals surface area contributed by atoms with Crippen LogP contribution in [0.4, 0.5) is 5.69 Å². The molecule has 4 nitrogen and oxygen atoms in total. The molecular formula is C10H13N3OS2. The van der Waals surface area contributed by atoms with E-state index in [1.54, 1.807) is 6.20 Å². The van der Waals surface area contributed by atoms with E-state index in [1.165, 1.54) is 0 Å². The molecule has 1 aromatic rings. The van der Waals surface area contributed by atoms with Crippen molar-refractivity contribution in [3.05, 3.63) is 24.0 Å². The maximum atomic E-state index is 11.2. The number of pyridine rings is 1. The number of rotatable bonds is 2. The Morgan fingerprint density at radius 1 is 1.50 bits per heavy atom. The molecule has 2 rings (SSSR count). The minimum Gasteiger partial charge on any atom is -0.388 e. The molecule has 0 unspecified atom stereocenters. The molecule has 1 aromatic heterocycles. The summed E-state index contributed by atoms with van der Waals surface area (Å²) >= 11 is 4.89. The molecular weight excluding hydrogens is 242 g/mol. The highest BCUT2D eigenvalue weighted by molar-refractivity contribution is 7.85. The summed E-state index contributed by atoms with van der Waals surface area (Å²) in [6, 6.07) is 3.81. The minimum absolute atomic E-state index is 0.308. The first-order chi connectivity index (χ1) is 7.66. The quantitative estimate of drug-likeness (QED) is 0.770. The fourth-order valence-electron chi connectivity index (χ4n) is 1.65. The van der Waals surface area contributed by atoms with Crippen molar-refractivity contribution in [3.8, 4) is 0 Å². The van der Waals surface area contributed by atoms with Crippen molar-refractivity contribution in [2.75, 3.05) is 29.5 Å². The second-order valence-electron chi connectivity index (χ2n) is 3.60. The van der Waals surface area contributed by atoms with Crippen LogP contribution in [0.1, 0.15) is 5.69 Å². The Hall–Kier alpha value is -1.01. The molecule has 1 saturated heterocycles. The summed E-state index contributed by atoms with van der Waals surface area (Å²) in [7, 11) is -0.657. The first-order valence-electron chi connectivity index (χ1n) is 5.02. The van der Waals surface area contributed by atoms with E-state index in [9.17, 15) is 4.21 Å². The zero-order valence-electron chi connectivity index (χ0n) is 8.76. The molecule has 0 bridgehead atoms. The second-order valence-corrected chi connectivity index (χ2v) is 5.73. The topological polar surface area (TPSA) is 59.2 Å². The molecule has 0 spiro atoms. The van der Waals surface area contributed by atoms with Crippen molar-refractivity contribution in [1.29, 1.82) is 0 Å². The van der Waals surface area contributed by atoms with Crippen molar-refractivity contribution in [2.24, 2.45) is 5.73 Å². The third kappa shape index (κ3) is 2.56. The Balaban J connectivity index is 2.17. The standard InChI is InChI=1S/C10H13N3OS2/c11-10(15)9-7-8(1-2-12-9)13-3-5-16(14)6-4-13/h1-2,7H,3-6H2,(H2,11,15). The van der Waals surface area contributed by atoms with E-state index < -0.39 is 10.8 Å². The third-order valence-corrected chi connectivity index (χ3v) is 4.02. The van der Waals surface area contributed by atoms with E-state index in [4.69, 9.17) is 18.0 Å². The van der Waals surface area contributed by atoms with Gasteiger partial charge in [0.05, 0.1) is 5.69 Å². The van der Waals surface area contributed by atoms with Gasteiger partial charge in [-0.05, 0) is 12.1 Å². The van der Waals surface area contributed by atoms with E-state index in [1.807, 2.05) is 12.1 Å². The van der Waals surface area contributed by atoms with Gasteiger partial charge >= 0.3 is 0 Å². The normalized spacial score (nSPS) is 17.4. The maximum Gasteiger partial charge on any atom is 0.122 e. The summed E-state index contributed by atoms with van der Waals surface area (Å²) in [4.78, 5) is 6.59. The van der Waals surface area contributed by atoms with Crippen LogP contribution in [-0.2, 0) is 10.8 Å². The molecule has 1 aliphatic heterocycles. The predicted molar refractivity (Wildman–Crippen MR) is 70.2 cm³/mol. The lowest BCUT2D eigenvalue weighted by molar-refractivity contribution is 0.673. The highest BCUT2D eigenvalue weighted by Crippen LogP contribution is 2.16. The number of aromatic nitrogens is 1. The summed E-state index contributed by atoms with van der Waals surface area (Å²) in [6.45, 7) is 1.63. The Morgan fingerprint density at radius 3 is 2.81 bits per heavy atom. The van der Waals surface area contributed by atoms with Crippen LogP contribution in [0, 0.1) is 0 Å². The first kappa shape index (κ1) is 11.5. The van der Waals surface area contributed by atoms with Crippen LogP contribution in [0.15, 0.2) is 18.3 Å². The minimum atomic E-state index is -0.657. The SMILES string of the molecule is NC(=S)c1cc(N2CCS(=O)CC2)ccn1. The highest BCUT2D eigenvalue weighted by atomic mass is 32.2. The van der Waals surface area contributed by atoms with E-state index >= 15 is 0 Å². The van der Waals surface area contributed by atoms with Gasteiger partial charge in [0.2, 0.25) is 0 Å². The van der Waals surface area contributed by atoms with E-state index in [2.05, 4.69) is 9.88 Å². The van der Waals surface area contributed by atoms with Crippen LogP contribution in [0.3, 0.4) is 0 Å². The Morgan fingerprint density at radius 2 is 2.19 bits per heavy atom. The van der Waals surface area contributed by atoms with Gasteiger partial charge in [0.15, 0.2) is 0 Å². The summed E-state index contributed by atoms with van der Waals surface area (Å²) in [5.41, 5.74) is 7.22. The van der Waals surface area contributed by atoms with Crippen molar-refractivity contribution in [2.45, 2.75) is 0 Å². The molecule has 2 N–H and O–H groups in total. The number of thiocarbonyl (C=S) groups is 1. The van der Waals surface area contributed by atoms with Crippen molar-refractivity contribution < 1.29 is 4.21 Å². The average molecular weight is 255 g/mol. The summed E-state index contributed by atoms with van der Waals surface area (Å²) in [6.07, 6.45) is 1.70. The van der Waals surface area contributed by atoms with Crippen LogP contribution in [0.25, 0.3) is 0 Å². The van der Waals surface area contributed by atoms with Gasteiger partial charge in [-0.3, -0.25) is 9.19 Å². The Bertz CT molecular complexity index is 426. The zero-order chi connectivity index (χ0) is 11.5.